The normalized spacial score (nSPS) is 11.7. The molecule has 4 aromatic rings. The van der Waals surface area contributed by atoms with Crippen LogP contribution in [-0.2, 0) is 11.2 Å². The molecule has 0 radical (unpaired) electrons. The Morgan fingerprint density at radius 1 is 0.893 bits per heavy atom. The van der Waals surface area contributed by atoms with Gasteiger partial charge < -0.3 is 5.32 Å². The second kappa shape index (κ2) is 8.26. The lowest BCUT2D eigenvalue weighted by molar-refractivity contribution is -0.118. The second-order valence-electron chi connectivity index (χ2n) is 6.41. The van der Waals surface area contributed by atoms with Crippen molar-refractivity contribution in [1.82, 2.24) is 20.2 Å². The van der Waals surface area contributed by atoms with Gasteiger partial charge in [0.1, 0.15) is 6.33 Å². The van der Waals surface area contributed by atoms with Gasteiger partial charge in [-0.25, -0.2) is 4.68 Å². The Kier molecular flexibility index (Phi) is 5.20. The first-order valence-corrected chi connectivity index (χ1v) is 9.01. The Hall–Kier alpha value is -3.80. The summed E-state index contributed by atoms with van der Waals surface area (Å²) in [4.78, 5) is 13.2. The summed E-state index contributed by atoms with van der Waals surface area (Å²) in [6, 6.07) is 26.8. The number of carbonyl (C=O) groups is 1. The van der Waals surface area contributed by atoms with E-state index in [0.29, 0.717) is 0 Å². The van der Waals surface area contributed by atoms with Gasteiger partial charge >= 0.3 is 0 Å². The van der Waals surface area contributed by atoms with Gasteiger partial charge in [-0.1, -0.05) is 78.9 Å². The molecule has 1 N–H and O–H groups in total. The van der Waals surface area contributed by atoms with Crippen molar-refractivity contribution in [2.45, 2.75) is 12.5 Å². The van der Waals surface area contributed by atoms with Crippen LogP contribution >= 0.6 is 0 Å². The van der Waals surface area contributed by atoms with Gasteiger partial charge in [-0.15, -0.1) is 5.10 Å². The molecule has 1 heterocycles. The van der Waals surface area contributed by atoms with E-state index in [9.17, 15) is 4.79 Å². The number of anilines is 1. The van der Waals surface area contributed by atoms with Gasteiger partial charge in [0.2, 0.25) is 0 Å². The van der Waals surface area contributed by atoms with Crippen LogP contribution in [0.2, 0.25) is 0 Å². The molecule has 138 valence electrons. The molecule has 0 aliphatic heterocycles. The van der Waals surface area contributed by atoms with Crippen molar-refractivity contribution in [1.29, 1.82) is 0 Å². The molecule has 1 aromatic heterocycles. The zero-order chi connectivity index (χ0) is 19.2. The van der Waals surface area contributed by atoms with Crippen LogP contribution in [0.5, 0.6) is 0 Å². The number of nitrogens with one attached hydrogen (secondary N) is 1. The highest BCUT2D eigenvalue weighted by molar-refractivity contribution is 5.96. The van der Waals surface area contributed by atoms with Crippen LogP contribution in [0.3, 0.4) is 0 Å². The van der Waals surface area contributed by atoms with Gasteiger partial charge in [0.25, 0.3) is 5.91 Å². The predicted molar refractivity (Wildman–Crippen MR) is 107 cm³/mol. The van der Waals surface area contributed by atoms with Gasteiger partial charge in [0, 0.05) is 5.69 Å². The van der Waals surface area contributed by atoms with E-state index in [1.165, 1.54) is 16.6 Å². The van der Waals surface area contributed by atoms with E-state index in [1.54, 1.807) is 0 Å². The minimum absolute atomic E-state index is 0.195. The number of amides is 1. The molecule has 4 rings (SSSR count). The van der Waals surface area contributed by atoms with Gasteiger partial charge in [0.05, 0.1) is 0 Å². The predicted octanol–water partition coefficient (Wildman–Crippen LogP) is 3.49. The largest absolute Gasteiger partial charge is 0.324 e. The van der Waals surface area contributed by atoms with Gasteiger partial charge in [-0.2, -0.15) is 0 Å². The summed E-state index contributed by atoms with van der Waals surface area (Å²) in [5.74, 6) is -0.195. The van der Waals surface area contributed by atoms with Crippen LogP contribution in [0, 0.1) is 0 Å². The molecule has 6 heteroatoms. The molecular formula is C22H19N5O. The summed E-state index contributed by atoms with van der Waals surface area (Å²) < 4.78 is 1.46. The van der Waals surface area contributed by atoms with Crippen molar-refractivity contribution in [3.8, 4) is 0 Å². The molecule has 0 bridgehead atoms. The average Bonchev–Trinajstić information content (AvgIpc) is 3.25. The number of tetrazole rings is 1. The summed E-state index contributed by atoms with van der Waals surface area (Å²) in [5.41, 5.74) is 3.83. The topological polar surface area (TPSA) is 72.7 Å². The van der Waals surface area contributed by atoms with Crippen LogP contribution < -0.4 is 5.32 Å². The number of hydrogen-bond acceptors (Lipinski definition) is 4. The third-order valence-electron chi connectivity index (χ3n) is 4.51. The van der Waals surface area contributed by atoms with E-state index < -0.39 is 6.04 Å². The van der Waals surface area contributed by atoms with Crippen molar-refractivity contribution < 1.29 is 4.79 Å². The van der Waals surface area contributed by atoms with Crippen LogP contribution in [0.4, 0.5) is 5.69 Å². The quantitative estimate of drug-likeness (QED) is 0.565. The molecule has 1 atom stereocenters. The maximum atomic E-state index is 13.2. The number of rotatable bonds is 6. The van der Waals surface area contributed by atoms with Crippen molar-refractivity contribution in [2.24, 2.45) is 0 Å². The molecule has 0 fully saturated rings. The Bertz CT molecular complexity index is 1030. The van der Waals surface area contributed by atoms with E-state index in [-0.39, 0.29) is 5.91 Å². The molecule has 0 saturated heterocycles. The number of benzene rings is 3. The van der Waals surface area contributed by atoms with Gasteiger partial charge in [-0.3, -0.25) is 4.79 Å². The summed E-state index contributed by atoms with van der Waals surface area (Å²) in [7, 11) is 0. The standard InChI is InChI=1S/C22H19N5O/c28-22(21(27-16-23-25-26-27)18-11-5-2-6-12-18)24-20-14-8-7-13-19(20)15-17-9-3-1-4-10-17/h1-14,16,21H,15H2,(H,24,28)/t21-/m1/s1. The molecule has 0 aliphatic rings. The van der Waals surface area contributed by atoms with Crippen LogP contribution in [0.15, 0.2) is 91.3 Å². The third-order valence-corrected chi connectivity index (χ3v) is 4.51. The number of para-hydroxylation sites is 1. The van der Waals surface area contributed by atoms with E-state index in [2.05, 4.69) is 33.0 Å². The molecule has 3 aromatic carbocycles. The lowest BCUT2D eigenvalue weighted by Crippen LogP contribution is -2.28. The Labute approximate surface area is 162 Å². The molecule has 0 unspecified atom stereocenters. The molecule has 28 heavy (non-hydrogen) atoms. The number of aromatic nitrogens is 4. The maximum absolute atomic E-state index is 13.2. The van der Waals surface area contributed by atoms with Crippen molar-refractivity contribution in [3.05, 3.63) is 108 Å². The van der Waals surface area contributed by atoms with E-state index >= 15 is 0 Å². The van der Waals surface area contributed by atoms with Crippen LogP contribution in [-0.4, -0.2) is 26.1 Å². The average molecular weight is 369 g/mol. The summed E-state index contributed by atoms with van der Waals surface area (Å²) >= 11 is 0. The minimum atomic E-state index is -0.652. The van der Waals surface area contributed by atoms with E-state index in [1.807, 2.05) is 72.8 Å². The molecule has 1 amide bonds. The Morgan fingerprint density at radius 2 is 1.57 bits per heavy atom. The summed E-state index contributed by atoms with van der Waals surface area (Å²) in [5, 5.41) is 14.4. The number of nitrogens with zero attached hydrogens (tertiary/aromatic N) is 4. The Balaban J connectivity index is 1.62. The summed E-state index contributed by atoms with van der Waals surface area (Å²) in [6.07, 6.45) is 2.19. The minimum Gasteiger partial charge on any atom is -0.324 e. The van der Waals surface area contributed by atoms with Crippen molar-refractivity contribution in [3.63, 3.8) is 0 Å². The fourth-order valence-corrected chi connectivity index (χ4v) is 3.16. The first kappa shape index (κ1) is 17.6. The molecule has 0 spiro atoms. The molecular weight excluding hydrogens is 350 g/mol. The highest BCUT2D eigenvalue weighted by Crippen LogP contribution is 2.23. The fourth-order valence-electron chi connectivity index (χ4n) is 3.16. The first-order valence-electron chi connectivity index (χ1n) is 9.01. The van der Waals surface area contributed by atoms with Gasteiger partial charge in [0.15, 0.2) is 6.04 Å². The zero-order valence-electron chi connectivity index (χ0n) is 15.1. The smallest absolute Gasteiger partial charge is 0.253 e. The first-order chi connectivity index (χ1) is 13.8. The zero-order valence-corrected chi connectivity index (χ0v) is 15.1. The maximum Gasteiger partial charge on any atom is 0.253 e. The lowest BCUT2D eigenvalue weighted by Gasteiger charge is -2.18. The van der Waals surface area contributed by atoms with Crippen molar-refractivity contribution >= 4 is 11.6 Å². The highest BCUT2D eigenvalue weighted by Gasteiger charge is 2.24. The monoisotopic (exact) mass is 369 g/mol. The van der Waals surface area contributed by atoms with E-state index in [4.69, 9.17) is 0 Å². The van der Waals surface area contributed by atoms with Gasteiger partial charge in [-0.05, 0) is 39.6 Å². The molecule has 6 nitrogen and oxygen atoms in total. The van der Waals surface area contributed by atoms with Crippen molar-refractivity contribution in [2.75, 3.05) is 5.32 Å². The van der Waals surface area contributed by atoms with E-state index in [0.717, 1.165) is 23.2 Å². The van der Waals surface area contributed by atoms with Crippen LogP contribution in [0.25, 0.3) is 0 Å². The lowest BCUT2D eigenvalue weighted by atomic mass is 10.0. The fraction of sp³-hybridized carbons (Fsp3) is 0.0909. The van der Waals surface area contributed by atoms with Crippen LogP contribution in [0.1, 0.15) is 22.7 Å². The molecule has 0 aliphatic carbocycles. The second-order valence-corrected chi connectivity index (χ2v) is 6.41. The Morgan fingerprint density at radius 3 is 2.29 bits per heavy atom. The number of carbonyl (C=O) groups excluding carboxylic acids is 1. The SMILES string of the molecule is O=C(Nc1ccccc1Cc1ccccc1)[C@@H](c1ccccc1)n1cnnn1. The summed E-state index contributed by atoms with van der Waals surface area (Å²) in [6.45, 7) is 0. The number of hydrogen-bond donors (Lipinski definition) is 1. The molecule has 0 saturated carbocycles. The third kappa shape index (κ3) is 3.96. The highest BCUT2D eigenvalue weighted by atomic mass is 16.2.